The van der Waals surface area contributed by atoms with Gasteiger partial charge in [-0.2, -0.15) is 0 Å². The van der Waals surface area contributed by atoms with Crippen molar-refractivity contribution >= 4 is 5.78 Å². The lowest BCUT2D eigenvalue weighted by molar-refractivity contribution is -0.153. The minimum absolute atomic E-state index is 0.0172. The summed E-state index contributed by atoms with van der Waals surface area (Å²) in [6.07, 6.45) is 11.1. The Bertz CT molecular complexity index is 517. The third kappa shape index (κ3) is 3.00. The molecule has 0 saturated heterocycles. The lowest BCUT2D eigenvalue weighted by Gasteiger charge is -2.58. The van der Waals surface area contributed by atoms with Gasteiger partial charge in [-0.05, 0) is 94.3 Å². The first-order valence-electron chi connectivity index (χ1n) is 10.8. The van der Waals surface area contributed by atoms with Gasteiger partial charge in [-0.25, -0.2) is 0 Å². The van der Waals surface area contributed by atoms with Crippen LogP contribution in [-0.2, 0) is 9.53 Å². The van der Waals surface area contributed by atoms with Crippen molar-refractivity contribution in [1.82, 2.24) is 0 Å². The van der Waals surface area contributed by atoms with E-state index in [4.69, 9.17) is 4.74 Å². The van der Waals surface area contributed by atoms with Crippen molar-refractivity contribution in [3.63, 3.8) is 0 Å². The van der Waals surface area contributed by atoms with E-state index in [9.17, 15) is 9.90 Å². The Kier molecular flexibility index (Phi) is 4.77. The minimum Gasteiger partial charge on any atom is -0.387 e. The van der Waals surface area contributed by atoms with Crippen LogP contribution in [0, 0.1) is 35.0 Å². The van der Waals surface area contributed by atoms with Gasteiger partial charge in [0.25, 0.3) is 0 Å². The summed E-state index contributed by atoms with van der Waals surface area (Å²) in [6, 6.07) is 0. The SMILES string of the molecule is CCOCC1(O)CCC2C(CCC3C2CCC2(C)C(=O)CCCC32)C1. The van der Waals surface area contributed by atoms with Gasteiger partial charge >= 0.3 is 0 Å². The zero-order chi connectivity index (χ0) is 17.7. The van der Waals surface area contributed by atoms with Crippen LogP contribution in [0.25, 0.3) is 0 Å². The number of carbonyl (C=O) groups is 1. The van der Waals surface area contributed by atoms with Gasteiger partial charge in [-0.1, -0.05) is 6.92 Å². The number of Topliss-reactive ketones (excluding diaryl/α,β-unsaturated/α-hetero) is 1. The topological polar surface area (TPSA) is 46.5 Å². The molecule has 0 bridgehead atoms. The van der Waals surface area contributed by atoms with Crippen molar-refractivity contribution in [2.75, 3.05) is 13.2 Å². The molecule has 0 aromatic carbocycles. The maximum absolute atomic E-state index is 12.6. The molecular formula is C22H36O3. The molecule has 0 amide bonds. The standard InChI is InChI=1S/C22H36O3/c1-3-25-14-22(24)12-10-16-15(13-22)7-8-18-17(16)9-11-21(2)19(18)5-4-6-20(21)23/h15-19,24H,3-14H2,1-2H3. The summed E-state index contributed by atoms with van der Waals surface area (Å²) in [4.78, 5) is 12.6. The molecule has 4 fully saturated rings. The summed E-state index contributed by atoms with van der Waals surface area (Å²) >= 11 is 0. The summed E-state index contributed by atoms with van der Waals surface area (Å²) in [5.41, 5.74) is -0.607. The second kappa shape index (κ2) is 6.64. The van der Waals surface area contributed by atoms with Crippen LogP contribution in [0.3, 0.4) is 0 Å². The molecule has 25 heavy (non-hydrogen) atoms. The maximum Gasteiger partial charge on any atom is 0.139 e. The van der Waals surface area contributed by atoms with E-state index in [1.54, 1.807) is 0 Å². The van der Waals surface area contributed by atoms with Crippen molar-refractivity contribution in [2.24, 2.45) is 35.0 Å². The van der Waals surface area contributed by atoms with Gasteiger partial charge in [0.15, 0.2) is 0 Å². The molecule has 4 aliphatic carbocycles. The normalized spacial score (nSPS) is 49.9. The Morgan fingerprint density at radius 2 is 1.88 bits per heavy atom. The van der Waals surface area contributed by atoms with Gasteiger partial charge in [-0.15, -0.1) is 0 Å². The van der Waals surface area contributed by atoms with E-state index in [2.05, 4.69) is 6.92 Å². The van der Waals surface area contributed by atoms with Crippen LogP contribution in [0.1, 0.15) is 78.1 Å². The first kappa shape index (κ1) is 18.0. The lowest BCUT2D eigenvalue weighted by Crippen LogP contribution is -2.54. The quantitative estimate of drug-likeness (QED) is 0.824. The van der Waals surface area contributed by atoms with Gasteiger partial charge in [0.2, 0.25) is 0 Å². The Morgan fingerprint density at radius 1 is 1.08 bits per heavy atom. The molecule has 0 spiro atoms. The van der Waals surface area contributed by atoms with E-state index in [0.717, 1.165) is 56.3 Å². The summed E-state index contributed by atoms with van der Waals surface area (Å²) in [7, 11) is 0. The number of rotatable bonds is 3. The molecule has 4 aliphatic rings. The van der Waals surface area contributed by atoms with Crippen LogP contribution in [0.5, 0.6) is 0 Å². The molecule has 3 nitrogen and oxygen atoms in total. The highest BCUT2D eigenvalue weighted by atomic mass is 16.5. The second-order valence-electron chi connectivity index (χ2n) is 9.81. The molecule has 7 atom stereocenters. The fourth-order valence-electron chi connectivity index (χ4n) is 7.35. The van der Waals surface area contributed by atoms with Crippen LogP contribution in [-0.4, -0.2) is 29.7 Å². The van der Waals surface area contributed by atoms with Crippen LogP contribution < -0.4 is 0 Å². The molecule has 4 saturated carbocycles. The molecule has 7 unspecified atom stereocenters. The molecular weight excluding hydrogens is 312 g/mol. The van der Waals surface area contributed by atoms with Crippen LogP contribution in [0.15, 0.2) is 0 Å². The van der Waals surface area contributed by atoms with Gasteiger partial charge in [0.05, 0.1) is 12.2 Å². The van der Waals surface area contributed by atoms with Crippen molar-refractivity contribution in [2.45, 2.75) is 83.7 Å². The summed E-state index contributed by atoms with van der Waals surface area (Å²) in [5.74, 6) is 4.21. The fourth-order valence-corrected chi connectivity index (χ4v) is 7.35. The average Bonchev–Trinajstić information content (AvgIpc) is 2.60. The number of ketones is 1. The molecule has 4 rings (SSSR count). The number of carbonyl (C=O) groups excluding carboxylic acids is 1. The molecule has 0 aromatic rings. The first-order valence-corrected chi connectivity index (χ1v) is 10.8. The zero-order valence-corrected chi connectivity index (χ0v) is 16.1. The van der Waals surface area contributed by atoms with Crippen LogP contribution in [0.4, 0.5) is 0 Å². The van der Waals surface area contributed by atoms with Crippen LogP contribution in [0.2, 0.25) is 0 Å². The molecule has 3 heteroatoms. The summed E-state index contributed by atoms with van der Waals surface area (Å²) in [5, 5.41) is 10.9. The van der Waals surface area contributed by atoms with E-state index in [1.165, 1.54) is 25.7 Å². The maximum atomic E-state index is 12.6. The predicted octanol–water partition coefficient (Wildman–Crippen LogP) is 4.37. The number of hydrogen-bond acceptors (Lipinski definition) is 3. The van der Waals surface area contributed by atoms with Gasteiger partial charge in [-0.3, -0.25) is 4.79 Å². The van der Waals surface area contributed by atoms with Crippen LogP contribution >= 0.6 is 0 Å². The van der Waals surface area contributed by atoms with E-state index >= 15 is 0 Å². The Balaban J connectivity index is 1.48. The monoisotopic (exact) mass is 348 g/mol. The highest BCUT2D eigenvalue weighted by Gasteiger charge is 2.56. The molecule has 0 radical (unpaired) electrons. The average molecular weight is 349 g/mol. The highest BCUT2D eigenvalue weighted by molar-refractivity contribution is 5.85. The summed E-state index contributed by atoms with van der Waals surface area (Å²) < 4.78 is 5.57. The summed E-state index contributed by atoms with van der Waals surface area (Å²) in [6.45, 7) is 5.49. The third-order valence-electron chi connectivity index (χ3n) is 8.62. The highest BCUT2D eigenvalue weighted by Crippen LogP contribution is 2.61. The van der Waals surface area contributed by atoms with Crippen molar-refractivity contribution in [1.29, 1.82) is 0 Å². The molecule has 0 aromatic heterocycles. The van der Waals surface area contributed by atoms with E-state index in [1.807, 2.05) is 6.92 Å². The van der Waals surface area contributed by atoms with Gasteiger partial charge in [0.1, 0.15) is 5.78 Å². The molecule has 142 valence electrons. The minimum atomic E-state index is -0.589. The number of fused-ring (bicyclic) bond motifs is 5. The van der Waals surface area contributed by atoms with E-state index in [0.29, 0.717) is 30.8 Å². The van der Waals surface area contributed by atoms with Crippen molar-refractivity contribution in [3.05, 3.63) is 0 Å². The van der Waals surface area contributed by atoms with Crippen molar-refractivity contribution < 1.29 is 14.6 Å². The molecule has 1 N–H and O–H groups in total. The fraction of sp³-hybridized carbons (Fsp3) is 0.955. The smallest absolute Gasteiger partial charge is 0.139 e. The molecule has 0 aliphatic heterocycles. The lowest BCUT2D eigenvalue weighted by atomic mass is 9.46. The van der Waals surface area contributed by atoms with E-state index in [-0.39, 0.29) is 5.41 Å². The van der Waals surface area contributed by atoms with Gasteiger partial charge in [0, 0.05) is 18.4 Å². The Morgan fingerprint density at radius 3 is 2.68 bits per heavy atom. The number of aliphatic hydroxyl groups is 1. The van der Waals surface area contributed by atoms with Crippen molar-refractivity contribution in [3.8, 4) is 0 Å². The number of hydrogen-bond donors (Lipinski definition) is 1. The Hall–Kier alpha value is -0.410. The van der Waals surface area contributed by atoms with Gasteiger partial charge < -0.3 is 9.84 Å². The predicted molar refractivity (Wildman–Crippen MR) is 98.2 cm³/mol. The van der Waals surface area contributed by atoms with E-state index < -0.39 is 5.60 Å². The first-order chi connectivity index (χ1) is 12.0. The zero-order valence-electron chi connectivity index (χ0n) is 16.1. The molecule has 0 heterocycles. The Labute approximate surface area is 152 Å². The largest absolute Gasteiger partial charge is 0.387 e. The third-order valence-corrected chi connectivity index (χ3v) is 8.62. The second-order valence-corrected chi connectivity index (χ2v) is 9.81. The number of ether oxygens (including phenoxy) is 1.